The lowest BCUT2D eigenvalue weighted by molar-refractivity contribution is -0.105. The number of carbonyl (C=O) groups excluding carboxylic acids is 1. The molecule has 0 spiro atoms. The summed E-state index contributed by atoms with van der Waals surface area (Å²) in [5.41, 5.74) is 0.992. The highest BCUT2D eigenvalue weighted by molar-refractivity contribution is 5.88. The van der Waals surface area contributed by atoms with Gasteiger partial charge in [0.15, 0.2) is 0 Å². The highest BCUT2D eigenvalue weighted by Crippen LogP contribution is 2.31. The number of halogens is 3. The third-order valence-electron chi connectivity index (χ3n) is 4.64. The quantitative estimate of drug-likeness (QED) is 0.239. The first-order valence-corrected chi connectivity index (χ1v) is 9.71. The molecule has 0 saturated heterocycles. The van der Waals surface area contributed by atoms with Crippen molar-refractivity contribution >= 4 is 30.3 Å². The number of benzene rings is 1. The van der Waals surface area contributed by atoms with Crippen molar-refractivity contribution in [1.82, 2.24) is 15.3 Å². The molecule has 1 aromatic heterocycles. The number of hydrogen-bond acceptors (Lipinski definition) is 6. The van der Waals surface area contributed by atoms with Crippen LogP contribution >= 0.6 is 0 Å². The number of aryl methyl sites for hydroxylation is 1. The summed E-state index contributed by atoms with van der Waals surface area (Å²) in [6, 6.07) is 3.10. The Morgan fingerprint density at radius 2 is 1.84 bits per heavy atom. The Morgan fingerprint density at radius 1 is 1.19 bits per heavy atom. The molecule has 0 radical (unpaired) electrons. The molecule has 0 aliphatic rings. The Hall–Kier alpha value is -3.69. The second kappa shape index (κ2) is 11.1. The molecule has 0 bridgehead atoms. The predicted octanol–water partition coefficient (Wildman–Crippen LogP) is 4.76. The van der Waals surface area contributed by atoms with Crippen molar-refractivity contribution in [3.8, 4) is 0 Å². The van der Waals surface area contributed by atoms with Gasteiger partial charge in [-0.05, 0) is 32.4 Å². The molecule has 170 valence electrons. The van der Waals surface area contributed by atoms with Gasteiger partial charge in [-0.15, -0.1) is 0 Å². The van der Waals surface area contributed by atoms with Crippen LogP contribution in [0.3, 0.4) is 0 Å². The van der Waals surface area contributed by atoms with E-state index >= 15 is 0 Å². The van der Waals surface area contributed by atoms with Gasteiger partial charge in [-0.2, -0.15) is 0 Å². The van der Waals surface area contributed by atoms with Crippen molar-refractivity contribution in [2.75, 3.05) is 17.7 Å². The van der Waals surface area contributed by atoms with Gasteiger partial charge in [0.05, 0.1) is 17.2 Å². The molecule has 2 rings (SSSR count). The summed E-state index contributed by atoms with van der Waals surface area (Å²) in [5, 5.41) is 16.0. The van der Waals surface area contributed by atoms with E-state index < -0.39 is 23.8 Å². The highest BCUT2D eigenvalue weighted by Gasteiger charge is 2.21. The van der Waals surface area contributed by atoms with Crippen LogP contribution < -0.4 is 16.0 Å². The molecule has 0 unspecified atom stereocenters. The molecular formula is C22H25F3N6O. The van der Waals surface area contributed by atoms with Gasteiger partial charge in [0.25, 0.3) is 6.43 Å². The van der Waals surface area contributed by atoms with Crippen LogP contribution in [0.4, 0.5) is 24.8 Å². The standard InChI is InChI=1S/C22H25F3N6O/c1-12(15(9-26)10-27-4)8-18-21(28-11-32)30-14(3)31-22(18)29-13(2)16-6-5-7-17(19(16)23)20(24)25/h5-11,13,20,26-27H,1-4H3,(H2,28,29,30,31,32)/b12-8+,15-10+,26-9?/t13-/m1/s1. The second-order valence-corrected chi connectivity index (χ2v) is 6.92. The fourth-order valence-corrected chi connectivity index (χ4v) is 3.07. The minimum absolute atomic E-state index is 0.0471. The Balaban J connectivity index is 2.58. The van der Waals surface area contributed by atoms with Gasteiger partial charge in [-0.1, -0.05) is 18.2 Å². The lowest BCUT2D eigenvalue weighted by Gasteiger charge is -2.20. The van der Waals surface area contributed by atoms with Gasteiger partial charge in [-0.3, -0.25) is 4.79 Å². The van der Waals surface area contributed by atoms with Gasteiger partial charge < -0.3 is 21.4 Å². The molecule has 2 aromatic rings. The Morgan fingerprint density at radius 3 is 2.44 bits per heavy atom. The van der Waals surface area contributed by atoms with Crippen LogP contribution in [0.2, 0.25) is 0 Å². The van der Waals surface area contributed by atoms with E-state index in [1.165, 1.54) is 12.1 Å². The molecule has 1 amide bonds. The van der Waals surface area contributed by atoms with E-state index in [0.29, 0.717) is 28.9 Å². The molecule has 1 aromatic carbocycles. The number of anilines is 2. The van der Waals surface area contributed by atoms with Crippen molar-refractivity contribution in [2.45, 2.75) is 33.2 Å². The number of amides is 1. The molecule has 0 saturated carbocycles. The maximum Gasteiger partial charge on any atom is 0.266 e. The van der Waals surface area contributed by atoms with E-state index in [-0.39, 0.29) is 17.2 Å². The third kappa shape index (κ3) is 5.71. The highest BCUT2D eigenvalue weighted by atomic mass is 19.3. The van der Waals surface area contributed by atoms with Crippen molar-refractivity contribution in [1.29, 1.82) is 5.41 Å². The summed E-state index contributed by atoms with van der Waals surface area (Å²) >= 11 is 0. The predicted molar refractivity (Wildman–Crippen MR) is 119 cm³/mol. The zero-order chi connectivity index (χ0) is 23.8. The number of hydrogen-bond donors (Lipinski definition) is 4. The van der Waals surface area contributed by atoms with Crippen LogP contribution in [0.15, 0.2) is 35.5 Å². The minimum Gasteiger partial charge on any atom is -0.393 e. The van der Waals surface area contributed by atoms with E-state index in [2.05, 4.69) is 25.9 Å². The topological polar surface area (TPSA) is 103 Å². The zero-order valence-corrected chi connectivity index (χ0v) is 18.1. The van der Waals surface area contributed by atoms with Crippen molar-refractivity contribution in [2.24, 2.45) is 0 Å². The number of nitrogens with one attached hydrogen (secondary N) is 4. The van der Waals surface area contributed by atoms with Crippen LogP contribution in [0.25, 0.3) is 6.08 Å². The van der Waals surface area contributed by atoms with Crippen molar-refractivity contribution < 1.29 is 18.0 Å². The lowest BCUT2D eigenvalue weighted by Crippen LogP contribution is -2.14. The molecule has 1 atom stereocenters. The number of nitrogens with zero attached hydrogens (tertiary/aromatic N) is 2. The average Bonchev–Trinajstić information content (AvgIpc) is 2.74. The maximum absolute atomic E-state index is 14.6. The van der Waals surface area contributed by atoms with E-state index in [9.17, 15) is 18.0 Å². The van der Waals surface area contributed by atoms with E-state index in [1.54, 1.807) is 40.1 Å². The fourth-order valence-electron chi connectivity index (χ4n) is 3.07. The molecule has 7 nitrogen and oxygen atoms in total. The molecule has 0 aliphatic heterocycles. The number of carbonyl (C=O) groups is 1. The molecule has 0 aliphatic carbocycles. The average molecular weight is 446 g/mol. The van der Waals surface area contributed by atoms with E-state index in [1.807, 2.05) is 0 Å². The zero-order valence-electron chi connectivity index (χ0n) is 18.1. The summed E-state index contributed by atoms with van der Waals surface area (Å²) in [7, 11) is 1.70. The summed E-state index contributed by atoms with van der Waals surface area (Å²) in [6.45, 7) is 4.99. The van der Waals surface area contributed by atoms with Gasteiger partial charge in [-0.25, -0.2) is 23.1 Å². The molecule has 4 N–H and O–H groups in total. The molecule has 10 heteroatoms. The number of allylic oxidation sites excluding steroid dienone is 2. The third-order valence-corrected chi connectivity index (χ3v) is 4.64. The number of rotatable bonds is 10. The molecule has 32 heavy (non-hydrogen) atoms. The Bertz CT molecular complexity index is 1050. The molecule has 0 fully saturated rings. The van der Waals surface area contributed by atoms with Crippen LogP contribution in [-0.4, -0.2) is 29.6 Å². The largest absolute Gasteiger partial charge is 0.393 e. The number of alkyl halides is 2. The van der Waals surface area contributed by atoms with Crippen molar-refractivity contribution in [3.05, 3.63) is 63.9 Å². The van der Waals surface area contributed by atoms with Gasteiger partial charge >= 0.3 is 0 Å². The van der Waals surface area contributed by atoms with Crippen LogP contribution in [0, 0.1) is 18.2 Å². The maximum atomic E-state index is 14.6. The first-order chi connectivity index (χ1) is 15.2. The van der Waals surface area contributed by atoms with Gasteiger partial charge in [0, 0.05) is 30.6 Å². The second-order valence-electron chi connectivity index (χ2n) is 6.92. The lowest BCUT2D eigenvalue weighted by atomic mass is 10.0. The van der Waals surface area contributed by atoms with E-state index in [0.717, 1.165) is 12.3 Å². The summed E-state index contributed by atoms with van der Waals surface area (Å²) in [4.78, 5) is 19.7. The number of aromatic nitrogens is 2. The summed E-state index contributed by atoms with van der Waals surface area (Å²) in [6.07, 6.45) is 1.98. The summed E-state index contributed by atoms with van der Waals surface area (Å²) in [5.74, 6) is -0.184. The summed E-state index contributed by atoms with van der Waals surface area (Å²) < 4.78 is 40.9. The Labute approximate surface area is 184 Å². The normalized spacial score (nSPS) is 13.0. The van der Waals surface area contributed by atoms with Gasteiger partial charge in [0.1, 0.15) is 23.3 Å². The van der Waals surface area contributed by atoms with Crippen LogP contribution in [-0.2, 0) is 4.79 Å². The smallest absolute Gasteiger partial charge is 0.266 e. The van der Waals surface area contributed by atoms with Crippen molar-refractivity contribution in [3.63, 3.8) is 0 Å². The molecular weight excluding hydrogens is 421 g/mol. The Kier molecular flexibility index (Phi) is 8.51. The van der Waals surface area contributed by atoms with Gasteiger partial charge in [0.2, 0.25) is 6.41 Å². The monoisotopic (exact) mass is 446 g/mol. The molecule has 1 heterocycles. The fraction of sp³-hybridized carbons (Fsp3) is 0.273. The minimum atomic E-state index is -2.94. The SMILES string of the molecule is CN/C=C(C=N)/C(C)=C/c1c(NC=O)nc(C)nc1N[C@H](C)c1cccc(C(F)F)c1F. The first-order valence-electron chi connectivity index (χ1n) is 9.71. The van der Waals surface area contributed by atoms with Crippen LogP contribution in [0.5, 0.6) is 0 Å². The first kappa shape index (κ1) is 24.6. The van der Waals surface area contributed by atoms with E-state index in [4.69, 9.17) is 5.41 Å². The van der Waals surface area contributed by atoms with Crippen LogP contribution in [0.1, 0.15) is 48.8 Å².